The minimum Gasteiger partial charge on any atom is -0.494 e. The number of halogens is 6. The third kappa shape index (κ3) is 2.95. The SMILES string of the molecule is COc1c(F)cc(F)cc1Bc1c(F)c(F)c(OC)c(F)c1F. The summed E-state index contributed by atoms with van der Waals surface area (Å²) < 4.78 is 91.0. The fourth-order valence-corrected chi connectivity index (χ4v) is 2.16. The molecule has 0 aliphatic carbocycles. The Labute approximate surface area is 127 Å². The average Bonchev–Trinajstić information content (AvgIpc) is 2.50. The number of ether oxygens (including phenoxy) is 2. The van der Waals surface area contributed by atoms with Crippen LogP contribution < -0.4 is 20.4 Å². The average molecular weight is 334 g/mol. The van der Waals surface area contributed by atoms with E-state index in [-0.39, 0.29) is 5.46 Å². The highest BCUT2D eigenvalue weighted by Crippen LogP contribution is 2.25. The lowest BCUT2D eigenvalue weighted by Gasteiger charge is -2.13. The first kappa shape index (κ1) is 17.0. The number of methoxy groups -OCH3 is 2. The molecular weight excluding hydrogens is 325 g/mol. The van der Waals surface area contributed by atoms with Gasteiger partial charge in [-0.1, -0.05) is 0 Å². The minimum absolute atomic E-state index is 0.313. The maximum atomic E-state index is 13.9. The van der Waals surface area contributed by atoms with Crippen molar-refractivity contribution in [2.45, 2.75) is 0 Å². The van der Waals surface area contributed by atoms with Crippen molar-refractivity contribution in [3.05, 3.63) is 47.0 Å². The largest absolute Gasteiger partial charge is 0.494 e. The molecule has 2 rings (SSSR count). The molecule has 0 unspecified atom stereocenters. The van der Waals surface area contributed by atoms with Crippen molar-refractivity contribution in [3.8, 4) is 11.5 Å². The summed E-state index contributed by atoms with van der Waals surface area (Å²) >= 11 is 0. The van der Waals surface area contributed by atoms with Crippen LogP contribution in [-0.2, 0) is 0 Å². The zero-order valence-electron chi connectivity index (χ0n) is 11.9. The molecule has 2 aromatic rings. The van der Waals surface area contributed by atoms with E-state index in [0.717, 1.165) is 20.3 Å². The summed E-state index contributed by atoms with van der Waals surface area (Å²) in [5.74, 6) is -10.8. The van der Waals surface area contributed by atoms with E-state index in [1.54, 1.807) is 0 Å². The zero-order chi connectivity index (χ0) is 17.3. The standard InChI is InChI=1S/C14H9BF6O2/c1-22-13-6(3-5(16)4-7(13)17)15-8-9(18)11(20)14(23-2)12(21)10(8)19/h3-4,15H,1-2H3. The summed E-state index contributed by atoms with van der Waals surface area (Å²) in [5.41, 5.74) is -1.35. The van der Waals surface area contributed by atoms with Crippen molar-refractivity contribution in [2.24, 2.45) is 0 Å². The van der Waals surface area contributed by atoms with Crippen molar-refractivity contribution in [1.82, 2.24) is 0 Å². The number of rotatable bonds is 4. The smallest absolute Gasteiger partial charge is 0.205 e. The van der Waals surface area contributed by atoms with Crippen LogP contribution in [0.2, 0.25) is 0 Å². The van der Waals surface area contributed by atoms with E-state index in [1.807, 2.05) is 0 Å². The van der Waals surface area contributed by atoms with E-state index in [0.29, 0.717) is 6.07 Å². The van der Waals surface area contributed by atoms with Gasteiger partial charge in [-0.15, -0.1) is 0 Å². The van der Waals surface area contributed by atoms with E-state index in [2.05, 4.69) is 9.47 Å². The predicted octanol–water partition coefficient (Wildman–Crippen LogP) is 1.93. The van der Waals surface area contributed by atoms with Crippen molar-refractivity contribution in [1.29, 1.82) is 0 Å². The predicted molar refractivity (Wildman–Crippen MR) is 72.2 cm³/mol. The van der Waals surface area contributed by atoms with E-state index in [4.69, 9.17) is 0 Å². The van der Waals surface area contributed by atoms with Crippen molar-refractivity contribution >= 4 is 18.2 Å². The van der Waals surface area contributed by atoms with E-state index in [9.17, 15) is 26.3 Å². The van der Waals surface area contributed by atoms with Gasteiger partial charge in [0, 0.05) is 6.07 Å². The van der Waals surface area contributed by atoms with Crippen molar-refractivity contribution in [2.75, 3.05) is 14.2 Å². The molecule has 122 valence electrons. The second kappa shape index (κ2) is 6.43. The molecular formula is C14H9BF6O2. The fraction of sp³-hybridized carbons (Fsp3) is 0.143. The molecule has 2 aromatic carbocycles. The number of hydrogen-bond acceptors (Lipinski definition) is 2. The second-order valence-electron chi connectivity index (χ2n) is 4.52. The van der Waals surface area contributed by atoms with Gasteiger partial charge in [-0.05, 0) is 17.0 Å². The van der Waals surface area contributed by atoms with Gasteiger partial charge in [-0.2, -0.15) is 8.78 Å². The normalized spacial score (nSPS) is 10.6. The third-order valence-corrected chi connectivity index (χ3v) is 3.17. The lowest BCUT2D eigenvalue weighted by Crippen LogP contribution is -2.35. The van der Waals surface area contributed by atoms with Gasteiger partial charge in [0.25, 0.3) is 0 Å². The van der Waals surface area contributed by atoms with Gasteiger partial charge < -0.3 is 9.47 Å². The lowest BCUT2D eigenvalue weighted by molar-refractivity contribution is 0.335. The first-order chi connectivity index (χ1) is 10.8. The summed E-state index contributed by atoms with van der Waals surface area (Å²) in [4.78, 5) is 0. The van der Waals surface area contributed by atoms with Crippen LogP contribution in [0.4, 0.5) is 26.3 Å². The summed E-state index contributed by atoms with van der Waals surface area (Å²) in [6, 6.07) is 1.26. The molecule has 0 fully saturated rings. The van der Waals surface area contributed by atoms with Gasteiger partial charge in [0.05, 0.1) is 14.2 Å². The zero-order valence-corrected chi connectivity index (χ0v) is 11.9. The second-order valence-corrected chi connectivity index (χ2v) is 4.52. The van der Waals surface area contributed by atoms with Crippen molar-refractivity contribution in [3.63, 3.8) is 0 Å². The van der Waals surface area contributed by atoms with Gasteiger partial charge in [-0.3, -0.25) is 0 Å². The molecule has 0 aromatic heterocycles. The number of benzene rings is 2. The topological polar surface area (TPSA) is 18.5 Å². The van der Waals surface area contributed by atoms with E-state index >= 15 is 0 Å². The molecule has 0 heterocycles. The van der Waals surface area contributed by atoms with Crippen LogP contribution in [0.15, 0.2) is 12.1 Å². The fourth-order valence-electron chi connectivity index (χ4n) is 2.16. The quantitative estimate of drug-likeness (QED) is 0.483. The highest BCUT2D eigenvalue weighted by molar-refractivity contribution is 6.68. The van der Waals surface area contributed by atoms with Crippen LogP contribution in [0.5, 0.6) is 11.5 Å². The molecule has 2 nitrogen and oxygen atoms in total. The van der Waals surface area contributed by atoms with Crippen LogP contribution in [0.1, 0.15) is 0 Å². The van der Waals surface area contributed by atoms with Gasteiger partial charge in [-0.25, -0.2) is 17.6 Å². The molecule has 0 aliphatic rings. The van der Waals surface area contributed by atoms with Crippen LogP contribution in [0.3, 0.4) is 0 Å². The molecule has 9 heteroatoms. The van der Waals surface area contributed by atoms with Crippen molar-refractivity contribution < 1.29 is 35.8 Å². The minimum atomic E-state index is -1.74. The molecule has 0 bridgehead atoms. The highest BCUT2D eigenvalue weighted by Gasteiger charge is 2.28. The Morgan fingerprint density at radius 1 is 0.739 bits per heavy atom. The van der Waals surface area contributed by atoms with Crippen LogP contribution in [0.25, 0.3) is 0 Å². The Morgan fingerprint density at radius 3 is 1.74 bits per heavy atom. The maximum Gasteiger partial charge on any atom is 0.205 e. The molecule has 0 spiro atoms. The van der Waals surface area contributed by atoms with Crippen LogP contribution >= 0.6 is 0 Å². The lowest BCUT2D eigenvalue weighted by atomic mass is 9.63. The number of hydrogen-bond donors (Lipinski definition) is 0. The van der Waals surface area contributed by atoms with Gasteiger partial charge in [0.1, 0.15) is 11.6 Å². The van der Waals surface area contributed by atoms with Gasteiger partial charge in [0.15, 0.2) is 23.2 Å². The molecule has 23 heavy (non-hydrogen) atoms. The first-order valence-corrected chi connectivity index (χ1v) is 6.22. The van der Waals surface area contributed by atoms with Crippen LogP contribution in [-0.4, -0.2) is 21.5 Å². The molecule has 0 saturated heterocycles. The molecule has 0 saturated carbocycles. The maximum absolute atomic E-state index is 13.9. The van der Waals surface area contributed by atoms with E-state index < -0.39 is 59.1 Å². The Balaban J connectivity index is 2.62. The molecule has 0 atom stereocenters. The van der Waals surface area contributed by atoms with Crippen LogP contribution in [0, 0.1) is 34.9 Å². The molecule has 0 radical (unpaired) electrons. The summed E-state index contributed by atoms with van der Waals surface area (Å²) in [6.07, 6.45) is 0. The van der Waals surface area contributed by atoms with E-state index in [1.165, 1.54) is 0 Å². The third-order valence-electron chi connectivity index (χ3n) is 3.17. The van der Waals surface area contributed by atoms with Gasteiger partial charge in [0.2, 0.25) is 18.9 Å². The molecule has 0 aliphatic heterocycles. The summed E-state index contributed by atoms with van der Waals surface area (Å²) in [7, 11) is 1.07. The Hall–Kier alpha value is -2.32. The Bertz CT molecular complexity index is 737. The Morgan fingerprint density at radius 2 is 1.26 bits per heavy atom. The summed E-state index contributed by atoms with van der Waals surface area (Å²) in [5, 5.41) is 0. The highest BCUT2D eigenvalue weighted by atomic mass is 19.2. The molecule has 0 N–H and O–H groups in total. The summed E-state index contributed by atoms with van der Waals surface area (Å²) in [6.45, 7) is 0. The first-order valence-electron chi connectivity index (χ1n) is 6.22. The monoisotopic (exact) mass is 334 g/mol. The molecule has 0 amide bonds. The Kier molecular flexibility index (Phi) is 4.77. The van der Waals surface area contributed by atoms with Gasteiger partial charge >= 0.3 is 0 Å².